The molecule has 2 aromatic rings. The van der Waals surface area contributed by atoms with Crippen molar-refractivity contribution in [2.24, 2.45) is 5.73 Å². The number of anilines is 1. The molecule has 0 atom stereocenters. The van der Waals surface area contributed by atoms with Crippen molar-refractivity contribution in [1.82, 2.24) is 9.55 Å². The molecule has 1 aliphatic heterocycles. The van der Waals surface area contributed by atoms with Crippen LogP contribution in [-0.2, 0) is 19.6 Å². The molecule has 0 saturated carbocycles. The van der Waals surface area contributed by atoms with E-state index in [2.05, 4.69) is 45.6 Å². The molecule has 3 rings (SSSR count). The summed E-state index contributed by atoms with van der Waals surface area (Å²) in [5.74, 6) is 0. The highest BCUT2D eigenvalue weighted by atomic mass is 15.2. The second kappa shape index (κ2) is 4.46. The Hall–Kier alpha value is -1.81. The smallest absolute Gasteiger partial charge is 0.0953 e. The highest BCUT2D eigenvalue weighted by Crippen LogP contribution is 2.22. The highest BCUT2D eigenvalue weighted by Gasteiger charge is 2.19. The Bertz CT molecular complexity index is 528. The largest absolute Gasteiger partial charge is 0.364 e. The first-order chi connectivity index (χ1) is 8.78. The fourth-order valence-electron chi connectivity index (χ4n) is 2.46. The number of nitrogens with zero attached hydrogens (tertiary/aromatic N) is 3. The van der Waals surface area contributed by atoms with Crippen molar-refractivity contribution in [3.63, 3.8) is 0 Å². The monoisotopic (exact) mass is 242 g/mol. The minimum absolute atomic E-state index is 0.518. The average Bonchev–Trinajstić information content (AvgIpc) is 2.81. The molecule has 0 unspecified atom stereocenters. The van der Waals surface area contributed by atoms with Gasteiger partial charge in [0.2, 0.25) is 0 Å². The summed E-state index contributed by atoms with van der Waals surface area (Å²) in [6.07, 6.45) is 1.91. The quantitative estimate of drug-likeness (QED) is 0.871. The molecular formula is C14H18N4. The SMILES string of the molecule is Cc1ccc(N2CCn3cnc(CN)c3C2)cc1. The van der Waals surface area contributed by atoms with Gasteiger partial charge in [-0.15, -0.1) is 0 Å². The maximum Gasteiger partial charge on any atom is 0.0953 e. The summed E-state index contributed by atoms with van der Waals surface area (Å²) in [7, 11) is 0. The average molecular weight is 242 g/mol. The van der Waals surface area contributed by atoms with Gasteiger partial charge in [-0.05, 0) is 19.1 Å². The molecule has 0 fully saturated rings. The topological polar surface area (TPSA) is 47.1 Å². The van der Waals surface area contributed by atoms with Gasteiger partial charge in [0.15, 0.2) is 0 Å². The van der Waals surface area contributed by atoms with E-state index in [0.29, 0.717) is 6.54 Å². The van der Waals surface area contributed by atoms with Crippen LogP contribution in [0.25, 0.3) is 0 Å². The summed E-state index contributed by atoms with van der Waals surface area (Å²) < 4.78 is 2.22. The molecular weight excluding hydrogens is 224 g/mol. The number of hydrogen-bond donors (Lipinski definition) is 1. The van der Waals surface area contributed by atoms with Crippen LogP contribution < -0.4 is 10.6 Å². The van der Waals surface area contributed by atoms with Crippen LogP contribution in [0.5, 0.6) is 0 Å². The Morgan fingerprint density at radius 3 is 2.72 bits per heavy atom. The molecule has 4 heteroatoms. The first kappa shape index (κ1) is 11.3. The summed E-state index contributed by atoms with van der Waals surface area (Å²) >= 11 is 0. The molecule has 94 valence electrons. The molecule has 0 bridgehead atoms. The molecule has 2 heterocycles. The number of aryl methyl sites for hydroxylation is 1. The van der Waals surface area contributed by atoms with Crippen LogP contribution in [-0.4, -0.2) is 16.1 Å². The first-order valence-electron chi connectivity index (χ1n) is 6.32. The summed E-state index contributed by atoms with van der Waals surface area (Å²) in [4.78, 5) is 6.75. The van der Waals surface area contributed by atoms with Crippen LogP contribution in [0.3, 0.4) is 0 Å². The standard InChI is InChI=1S/C14H18N4/c1-11-2-4-12(5-3-11)17-6-7-18-10-16-13(8-15)14(18)9-17/h2-5,10H,6-9,15H2,1H3. The van der Waals surface area contributed by atoms with Crippen molar-refractivity contribution in [2.45, 2.75) is 26.6 Å². The number of hydrogen-bond acceptors (Lipinski definition) is 3. The van der Waals surface area contributed by atoms with E-state index >= 15 is 0 Å². The van der Waals surface area contributed by atoms with E-state index in [-0.39, 0.29) is 0 Å². The molecule has 0 spiro atoms. The predicted octanol–water partition coefficient (Wildman–Crippen LogP) is 1.67. The van der Waals surface area contributed by atoms with Crippen molar-refractivity contribution in [3.8, 4) is 0 Å². The summed E-state index contributed by atoms with van der Waals surface area (Å²) in [5, 5.41) is 0. The Balaban J connectivity index is 1.87. The number of fused-ring (bicyclic) bond motifs is 1. The summed E-state index contributed by atoms with van der Waals surface area (Å²) in [6.45, 7) is 5.54. The van der Waals surface area contributed by atoms with Gasteiger partial charge in [-0.25, -0.2) is 4.98 Å². The van der Waals surface area contributed by atoms with Crippen LogP contribution in [0.15, 0.2) is 30.6 Å². The number of aromatic nitrogens is 2. The molecule has 0 amide bonds. The molecule has 0 saturated heterocycles. The first-order valence-corrected chi connectivity index (χ1v) is 6.32. The second-order valence-corrected chi connectivity index (χ2v) is 4.79. The third kappa shape index (κ3) is 1.88. The Kier molecular flexibility index (Phi) is 2.80. The molecule has 0 aliphatic carbocycles. The molecule has 4 nitrogen and oxygen atoms in total. The van der Waals surface area contributed by atoms with Gasteiger partial charge in [0.1, 0.15) is 0 Å². The van der Waals surface area contributed by atoms with Crippen LogP contribution in [0.4, 0.5) is 5.69 Å². The normalized spacial score (nSPS) is 14.7. The van der Waals surface area contributed by atoms with E-state index in [1.807, 2.05) is 6.33 Å². The molecule has 2 N–H and O–H groups in total. The zero-order chi connectivity index (χ0) is 12.5. The lowest BCUT2D eigenvalue weighted by Crippen LogP contribution is -2.33. The van der Waals surface area contributed by atoms with Crippen molar-refractivity contribution >= 4 is 5.69 Å². The van der Waals surface area contributed by atoms with Crippen LogP contribution in [0, 0.1) is 6.92 Å². The van der Waals surface area contributed by atoms with E-state index < -0.39 is 0 Å². The molecule has 18 heavy (non-hydrogen) atoms. The van der Waals surface area contributed by atoms with Crippen molar-refractivity contribution in [2.75, 3.05) is 11.4 Å². The van der Waals surface area contributed by atoms with E-state index in [1.54, 1.807) is 0 Å². The van der Waals surface area contributed by atoms with E-state index in [9.17, 15) is 0 Å². The van der Waals surface area contributed by atoms with E-state index in [4.69, 9.17) is 5.73 Å². The minimum Gasteiger partial charge on any atom is -0.364 e. The second-order valence-electron chi connectivity index (χ2n) is 4.79. The van der Waals surface area contributed by atoms with Crippen molar-refractivity contribution < 1.29 is 0 Å². The number of benzene rings is 1. The van der Waals surface area contributed by atoms with E-state index in [0.717, 1.165) is 25.3 Å². The highest BCUT2D eigenvalue weighted by molar-refractivity contribution is 5.48. The number of nitrogens with two attached hydrogens (primary N) is 1. The van der Waals surface area contributed by atoms with Gasteiger partial charge < -0.3 is 15.2 Å². The zero-order valence-electron chi connectivity index (χ0n) is 10.6. The molecule has 1 aromatic heterocycles. The number of rotatable bonds is 2. The van der Waals surface area contributed by atoms with Crippen molar-refractivity contribution in [3.05, 3.63) is 47.5 Å². The Labute approximate surface area is 107 Å². The van der Waals surface area contributed by atoms with Gasteiger partial charge in [0.05, 0.1) is 24.3 Å². The van der Waals surface area contributed by atoms with Crippen LogP contribution in [0.2, 0.25) is 0 Å². The molecule has 1 aliphatic rings. The maximum atomic E-state index is 5.73. The minimum atomic E-state index is 0.518. The van der Waals surface area contributed by atoms with Gasteiger partial charge in [0.25, 0.3) is 0 Å². The lowest BCUT2D eigenvalue weighted by Gasteiger charge is -2.30. The fraction of sp³-hybridized carbons (Fsp3) is 0.357. The van der Waals surface area contributed by atoms with Crippen molar-refractivity contribution in [1.29, 1.82) is 0 Å². The summed E-state index contributed by atoms with van der Waals surface area (Å²) in [5.41, 5.74) is 10.6. The Morgan fingerprint density at radius 2 is 2.00 bits per heavy atom. The van der Waals surface area contributed by atoms with Gasteiger partial charge >= 0.3 is 0 Å². The molecule has 1 aromatic carbocycles. The van der Waals surface area contributed by atoms with E-state index in [1.165, 1.54) is 16.9 Å². The zero-order valence-corrected chi connectivity index (χ0v) is 10.6. The third-order valence-corrected chi connectivity index (χ3v) is 3.58. The predicted molar refractivity (Wildman–Crippen MR) is 72.3 cm³/mol. The number of imidazole rings is 1. The Morgan fingerprint density at radius 1 is 1.22 bits per heavy atom. The van der Waals surface area contributed by atoms with Gasteiger partial charge in [0, 0.05) is 25.3 Å². The third-order valence-electron chi connectivity index (χ3n) is 3.58. The maximum absolute atomic E-state index is 5.73. The lowest BCUT2D eigenvalue weighted by molar-refractivity contribution is 0.568. The fourth-order valence-corrected chi connectivity index (χ4v) is 2.46. The molecule has 0 radical (unpaired) electrons. The summed E-state index contributed by atoms with van der Waals surface area (Å²) in [6, 6.07) is 8.68. The van der Waals surface area contributed by atoms with Gasteiger partial charge in [-0.2, -0.15) is 0 Å². The van der Waals surface area contributed by atoms with Crippen LogP contribution >= 0.6 is 0 Å². The lowest BCUT2D eigenvalue weighted by atomic mass is 10.2. The van der Waals surface area contributed by atoms with Gasteiger partial charge in [-0.1, -0.05) is 17.7 Å². The van der Waals surface area contributed by atoms with Gasteiger partial charge in [-0.3, -0.25) is 0 Å². The van der Waals surface area contributed by atoms with Crippen LogP contribution in [0.1, 0.15) is 17.0 Å².